The molecule has 6 nitrogen and oxygen atoms in total. The summed E-state index contributed by atoms with van der Waals surface area (Å²) in [6, 6.07) is 0. The molecule has 2 aromatic heterocycles. The molecule has 0 aliphatic rings. The molecule has 2 N–H and O–H groups in total. The summed E-state index contributed by atoms with van der Waals surface area (Å²) >= 11 is 1.61. The zero-order valence-electron chi connectivity index (χ0n) is 10.8. The summed E-state index contributed by atoms with van der Waals surface area (Å²) < 4.78 is 26.0. The molecule has 0 saturated heterocycles. The van der Waals surface area contributed by atoms with Gasteiger partial charge in [-0.1, -0.05) is 13.8 Å². The van der Waals surface area contributed by atoms with Gasteiger partial charge in [-0.3, -0.25) is 0 Å². The van der Waals surface area contributed by atoms with Crippen LogP contribution in [0, 0.1) is 0 Å². The zero-order valence-corrected chi connectivity index (χ0v) is 12.4. The van der Waals surface area contributed by atoms with Crippen LogP contribution in [0.5, 0.6) is 0 Å². The number of rotatable bonds is 6. The van der Waals surface area contributed by atoms with Crippen LogP contribution in [0.25, 0.3) is 0 Å². The molecule has 0 bridgehead atoms. The Bertz CT molecular complexity index is 617. The van der Waals surface area contributed by atoms with E-state index in [1.54, 1.807) is 11.3 Å². The van der Waals surface area contributed by atoms with Crippen molar-refractivity contribution in [1.29, 1.82) is 0 Å². The number of aromatic nitrogens is 3. The molecule has 0 aliphatic heterocycles. The Labute approximate surface area is 116 Å². The average Bonchev–Trinajstić information content (AvgIpc) is 3.00. The molecule has 2 heterocycles. The van der Waals surface area contributed by atoms with Crippen LogP contribution in [0.15, 0.2) is 22.9 Å². The number of H-pyrrole nitrogens is 1. The quantitative estimate of drug-likeness (QED) is 0.846. The van der Waals surface area contributed by atoms with E-state index in [0.717, 1.165) is 10.7 Å². The van der Waals surface area contributed by atoms with Crippen LogP contribution < -0.4 is 4.72 Å². The molecule has 0 atom stereocenters. The Morgan fingerprint density at radius 2 is 2.26 bits per heavy atom. The summed E-state index contributed by atoms with van der Waals surface area (Å²) in [5.74, 6) is 0.401. The fraction of sp³-hybridized carbons (Fsp3) is 0.455. The van der Waals surface area contributed by atoms with Gasteiger partial charge in [-0.15, -0.1) is 11.3 Å². The molecule has 0 spiro atoms. The molecule has 0 aromatic carbocycles. The van der Waals surface area contributed by atoms with Crippen molar-refractivity contribution in [3.63, 3.8) is 0 Å². The van der Waals surface area contributed by atoms with Gasteiger partial charge in [-0.05, 0) is 0 Å². The number of hydrogen-bond donors (Lipinski definition) is 2. The monoisotopic (exact) mass is 300 g/mol. The van der Waals surface area contributed by atoms with Crippen molar-refractivity contribution in [2.45, 2.75) is 31.3 Å². The third-order valence-electron chi connectivity index (χ3n) is 2.46. The second kappa shape index (κ2) is 5.81. The Balaban J connectivity index is 1.90. The highest BCUT2D eigenvalue weighted by molar-refractivity contribution is 7.89. The SMILES string of the molecule is CC(C)c1nc(CCNS(=O)(=O)c2ncc[nH]2)cs1. The largest absolute Gasteiger partial charge is 0.334 e. The normalized spacial score (nSPS) is 12.2. The van der Waals surface area contributed by atoms with Crippen molar-refractivity contribution in [3.05, 3.63) is 28.5 Å². The predicted molar refractivity (Wildman–Crippen MR) is 73.7 cm³/mol. The van der Waals surface area contributed by atoms with E-state index in [0.29, 0.717) is 18.9 Å². The van der Waals surface area contributed by atoms with Crippen LogP contribution >= 0.6 is 11.3 Å². The average molecular weight is 300 g/mol. The third-order valence-corrected chi connectivity index (χ3v) is 4.97. The van der Waals surface area contributed by atoms with E-state index in [-0.39, 0.29) is 5.16 Å². The first-order valence-corrected chi connectivity index (χ1v) is 8.28. The van der Waals surface area contributed by atoms with Gasteiger partial charge in [0.15, 0.2) is 0 Å². The van der Waals surface area contributed by atoms with E-state index >= 15 is 0 Å². The first-order chi connectivity index (χ1) is 8.99. The molecule has 0 saturated carbocycles. The Hall–Kier alpha value is -1.25. The summed E-state index contributed by atoms with van der Waals surface area (Å²) in [6.07, 6.45) is 3.46. The number of nitrogens with zero attached hydrogens (tertiary/aromatic N) is 2. The zero-order chi connectivity index (χ0) is 13.9. The van der Waals surface area contributed by atoms with Crippen LogP contribution in [0.2, 0.25) is 0 Å². The van der Waals surface area contributed by atoms with E-state index < -0.39 is 10.0 Å². The molecule has 104 valence electrons. The van der Waals surface area contributed by atoms with Gasteiger partial charge in [0.25, 0.3) is 10.0 Å². The van der Waals surface area contributed by atoms with E-state index in [4.69, 9.17) is 0 Å². The molecule has 0 fully saturated rings. The minimum absolute atomic E-state index is 0.0614. The van der Waals surface area contributed by atoms with E-state index in [1.165, 1.54) is 12.4 Å². The van der Waals surface area contributed by atoms with Crippen LogP contribution in [-0.4, -0.2) is 29.9 Å². The minimum atomic E-state index is -3.54. The number of imidazole rings is 1. The molecule has 2 aromatic rings. The fourth-order valence-electron chi connectivity index (χ4n) is 1.48. The van der Waals surface area contributed by atoms with Crippen molar-refractivity contribution in [2.24, 2.45) is 0 Å². The molecule has 2 rings (SSSR count). The Morgan fingerprint density at radius 1 is 1.47 bits per heavy atom. The van der Waals surface area contributed by atoms with Gasteiger partial charge in [0, 0.05) is 36.7 Å². The first-order valence-electron chi connectivity index (χ1n) is 5.92. The summed E-state index contributed by atoms with van der Waals surface area (Å²) in [6.45, 7) is 4.48. The highest BCUT2D eigenvalue weighted by atomic mass is 32.2. The van der Waals surface area contributed by atoms with Gasteiger partial charge in [0.05, 0.1) is 10.7 Å². The van der Waals surface area contributed by atoms with Gasteiger partial charge >= 0.3 is 0 Å². The highest BCUT2D eigenvalue weighted by Gasteiger charge is 2.16. The van der Waals surface area contributed by atoms with Crippen molar-refractivity contribution < 1.29 is 8.42 Å². The van der Waals surface area contributed by atoms with Gasteiger partial charge < -0.3 is 4.98 Å². The maximum absolute atomic E-state index is 11.8. The second-order valence-corrected chi connectivity index (χ2v) is 6.95. The Morgan fingerprint density at radius 3 is 2.84 bits per heavy atom. The number of thiazole rings is 1. The van der Waals surface area contributed by atoms with Crippen LogP contribution in [0.4, 0.5) is 0 Å². The minimum Gasteiger partial charge on any atom is -0.334 e. The molecular weight excluding hydrogens is 284 g/mol. The molecule has 0 aliphatic carbocycles. The molecular formula is C11H16N4O2S2. The maximum atomic E-state index is 11.8. The maximum Gasteiger partial charge on any atom is 0.274 e. The van der Waals surface area contributed by atoms with Gasteiger partial charge in [-0.25, -0.2) is 23.1 Å². The standard InChI is InChI=1S/C11H16N4O2S2/c1-8(2)10-15-9(7-18-10)3-4-14-19(16,17)11-12-5-6-13-11/h5-8,14H,3-4H2,1-2H3,(H,12,13). The summed E-state index contributed by atoms with van der Waals surface area (Å²) in [4.78, 5) is 10.7. The van der Waals surface area contributed by atoms with Crippen LogP contribution in [-0.2, 0) is 16.4 Å². The summed E-state index contributed by atoms with van der Waals surface area (Å²) in [5, 5.41) is 2.98. The first kappa shape index (κ1) is 14.2. The molecule has 19 heavy (non-hydrogen) atoms. The van der Waals surface area contributed by atoms with Crippen LogP contribution in [0.1, 0.15) is 30.5 Å². The lowest BCUT2D eigenvalue weighted by atomic mass is 10.2. The summed E-state index contributed by atoms with van der Waals surface area (Å²) in [7, 11) is -3.54. The second-order valence-electron chi connectivity index (χ2n) is 4.37. The van der Waals surface area contributed by atoms with E-state index in [9.17, 15) is 8.42 Å². The molecule has 0 radical (unpaired) electrons. The third kappa shape index (κ3) is 3.62. The topological polar surface area (TPSA) is 87.7 Å². The van der Waals surface area contributed by atoms with Crippen molar-refractivity contribution in [1.82, 2.24) is 19.7 Å². The molecule has 8 heteroatoms. The number of hydrogen-bond acceptors (Lipinski definition) is 5. The van der Waals surface area contributed by atoms with Crippen molar-refractivity contribution in [2.75, 3.05) is 6.54 Å². The van der Waals surface area contributed by atoms with Gasteiger partial charge in [0.1, 0.15) is 0 Å². The number of sulfonamides is 1. The van der Waals surface area contributed by atoms with E-state index in [2.05, 4.69) is 33.5 Å². The summed E-state index contributed by atoms with van der Waals surface area (Å²) in [5.41, 5.74) is 0.913. The predicted octanol–water partition coefficient (Wildman–Crippen LogP) is 1.51. The lowest BCUT2D eigenvalue weighted by Crippen LogP contribution is -2.27. The lowest BCUT2D eigenvalue weighted by Gasteiger charge is -2.02. The van der Waals surface area contributed by atoms with Crippen molar-refractivity contribution >= 4 is 21.4 Å². The fourth-order valence-corrected chi connectivity index (χ4v) is 3.28. The smallest absolute Gasteiger partial charge is 0.274 e. The highest BCUT2D eigenvalue weighted by Crippen LogP contribution is 2.19. The van der Waals surface area contributed by atoms with E-state index in [1.807, 2.05) is 5.38 Å². The van der Waals surface area contributed by atoms with Gasteiger partial charge in [0.2, 0.25) is 5.16 Å². The Kier molecular flexibility index (Phi) is 4.33. The number of aromatic amines is 1. The lowest BCUT2D eigenvalue weighted by molar-refractivity contribution is 0.574. The van der Waals surface area contributed by atoms with Crippen molar-refractivity contribution in [3.8, 4) is 0 Å². The molecule has 0 amide bonds. The van der Waals surface area contributed by atoms with Crippen LogP contribution in [0.3, 0.4) is 0 Å². The van der Waals surface area contributed by atoms with Gasteiger partial charge in [-0.2, -0.15) is 0 Å². The number of nitrogens with one attached hydrogen (secondary N) is 2. The molecule has 0 unspecified atom stereocenters.